The monoisotopic (exact) mass is 251 g/mol. The van der Waals surface area contributed by atoms with Crippen LogP contribution in [0.2, 0.25) is 0 Å². The molecule has 2 unspecified atom stereocenters. The number of aromatic nitrogens is 1. The highest BCUT2D eigenvalue weighted by Gasteiger charge is 2.28. The van der Waals surface area contributed by atoms with Crippen LogP contribution in [0.15, 0.2) is 18.3 Å². The summed E-state index contributed by atoms with van der Waals surface area (Å²) in [5.41, 5.74) is 0.979. The van der Waals surface area contributed by atoms with Crippen LogP contribution in [0, 0.1) is 5.82 Å². The van der Waals surface area contributed by atoms with E-state index >= 15 is 0 Å². The predicted octanol–water partition coefficient (Wildman–Crippen LogP) is 2.36. The molecule has 1 aromatic rings. The predicted molar refractivity (Wildman–Crippen MR) is 70.9 cm³/mol. The van der Waals surface area contributed by atoms with Gasteiger partial charge in [0.15, 0.2) is 0 Å². The molecule has 1 saturated heterocycles. The topological polar surface area (TPSA) is 28.2 Å². The van der Waals surface area contributed by atoms with Gasteiger partial charge >= 0.3 is 0 Å². The minimum absolute atomic E-state index is 0.265. The molecule has 1 N–H and O–H groups in total. The second-order valence-electron chi connectivity index (χ2n) is 4.80. The van der Waals surface area contributed by atoms with Crippen molar-refractivity contribution in [2.75, 3.05) is 19.6 Å². The van der Waals surface area contributed by atoms with Crippen molar-refractivity contribution in [1.29, 1.82) is 0 Å². The number of nitrogens with zero attached hydrogens (tertiary/aromatic N) is 2. The minimum atomic E-state index is -0.265. The molecule has 3 nitrogen and oxygen atoms in total. The van der Waals surface area contributed by atoms with E-state index in [0.29, 0.717) is 12.1 Å². The molecular formula is C14H22FN3. The van der Waals surface area contributed by atoms with Gasteiger partial charge in [-0.2, -0.15) is 0 Å². The number of nitrogens with one attached hydrogen (secondary N) is 1. The first-order chi connectivity index (χ1) is 8.76. The SMILES string of the molecule is CCC(c1ccc(F)cn1)N(CC)C1CCNC1. The molecule has 0 amide bonds. The van der Waals surface area contributed by atoms with Crippen molar-refractivity contribution >= 4 is 0 Å². The van der Waals surface area contributed by atoms with Gasteiger partial charge in [-0.15, -0.1) is 0 Å². The number of rotatable bonds is 5. The molecule has 0 bridgehead atoms. The van der Waals surface area contributed by atoms with Gasteiger partial charge < -0.3 is 5.32 Å². The molecule has 0 radical (unpaired) electrons. The first-order valence-electron chi connectivity index (χ1n) is 6.84. The highest BCUT2D eigenvalue weighted by atomic mass is 19.1. The van der Waals surface area contributed by atoms with Crippen LogP contribution in [-0.4, -0.2) is 35.6 Å². The minimum Gasteiger partial charge on any atom is -0.315 e. The van der Waals surface area contributed by atoms with Gasteiger partial charge in [-0.3, -0.25) is 9.88 Å². The Balaban J connectivity index is 2.17. The summed E-state index contributed by atoms with van der Waals surface area (Å²) in [6.45, 7) is 7.50. The maximum absolute atomic E-state index is 13.0. The van der Waals surface area contributed by atoms with Gasteiger partial charge in [0.2, 0.25) is 0 Å². The average Bonchev–Trinajstić information content (AvgIpc) is 2.91. The zero-order valence-corrected chi connectivity index (χ0v) is 11.2. The summed E-state index contributed by atoms with van der Waals surface area (Å²) in [5.74, 6) is -0.265. The third-order valence-electron chi connectivity index (χ3n) is 3.75. The molecule has 1 fully saturated rings. The average molecular weight is 251 g/mol. The lowest BCUT2D eigenvalue weighted by atomic mass is 10.0. The molecule has 1 aliphatic rings. The lowest BCUT2D eigenvalue weighted by Gasteiger charge is -2.34. The standard InChI is InChI=1S/C14H22FN3/c1-3-14(13-6-5-11(15)9-17-13)18(4-2)12-7-8-16-10-12/h5-6,9,12,14,16H,3-4,7-8,10H2,1-2H3. The van der Waals surface area contributed by atoms with Crippen LogP contribution >= 0.6 is 0 Å². The molecule has 100 valence electrons. The highest BCUT2D eigenvalue weighted by molar-refractivity contribution is 5.10. The third-order valence-corrected chi connectivity index (χ3v) is 3.75. The molecular weight excluding hydrogens is 229 g/mol. The van der Waals surface area contributed by atoms with E-state index in [2.05, 4.69) is 29.0 Å². The Bertz CT molecular complexity index is 360. The fourth-order valence-corrected chi connectivity index (χ4v) is 2.85. The molecule has 1 aromatic heterocycles. The summed E-state index contributed by atoms with van der Waals surface area (Å²) < 4.78 is 13.0. The van der Waals surface area contributed by atoms with Crippen molar-refractivity contribution in [3.63, 3.8) is 0 Å². The van der Waals surface area contributed by atoms with E-state index < -0.39 is 0 Å². The van der Waals surface area contributed by atoms with Crippen LogP contribution in [0.25, 0.3) is 0 Å². The van der Waals surface area contributed by atoms with Gasteiger partial charge in [0.25, 0.3) is 0 Å². The molecule has 18 heavy (non-hydrogen) atoms. The van der Waals surface area contributed by atoms with E-state index in [1.54, 1.807) is 0 Å². The quantitative estimate of drug-likeness (QED) is 0.870. The molecule has 2 heterocycles. The lowest BCUT2D eigenvalue weighted by molar-refractivity contribution is 0.144. The van der Waals surface area contributed by atoms with E-state index in [0.717, 1.165) is 31.7 Å². The normalized spacial score (nSPS) is 21.4. The van der Waals surface area contributed by atoms with E-state index in [1.807, 2.05) is 6.07 Å². The Kier molecular flexibility index (Phi) is 4.66. The summed E-state index contributed by atoms with van der Waals surface area (Å²) in [6.07, 6.45) is 3.51. The van der Waals surface area contributed by atoms with Crippen LogP contribution in [0.5, 0.6) is 0 Å². The van der Waals surface area contributed by atoms with E-state index in [-0.39, 0.29) is 5.82 Å². The van der Waals surface area contributed by atoms with Crippen molar-refractivity contribution < 1.29 is 4.39 Å². The largest absolute Gasteiger partial charge is 0.315 e. The Morgan fingerprint density at radius 2 is 2.33 bits per heavy atom. The van der Waals surface area contributed by atoms with Crippen LogP contribution in [-0.2, 0) is 0 Å². The molecule has 1 aliphatic heterocycles. The van der Waals surface area contributed by atoms with Crippen molar-refractivity contribution in [2.24, 2.45) is 0 Å². The Morgan fingerprint density at radius 1 is 1.50 bits per heavy atom. The van der Waals surface area contributed by atoms with E-state index in [4.69, 9.17) is 0 Å². The summed E-state index contributed by atoms with van der Waals surface area (Å²) in [6, 6.07) is 4.19. The number of likely N-dealkylation sites (N-methyl/N-ethyl adjacent to an activating group) is 1. The number of halogens is 1. The van der Waals surface area contributed by atoms with E-state index in [1.165, 1.54) is 18.7 Å². The Morgan fingerprint density at radius 3 is 2.83 bits per heavy atom. The van der Waals surface area contributed by atoms with Crippen LogP contribution < -0.4 is 5.32 Å². The van der Waals surface area contributed by atoms with Crippen molar-refractivity contribution in [3.8, 4) is 0 Å². The first-order valence-corrected chi connectivity index (χ1v) is 6.84. The zero-order chi connectivity index (χ0) is 13.0. The van der Waals surface area contributed by atoms with Gasteiger partial charge in [0.05, 0.1) is 17.9 Å². The van der Waals surface area contributed by atoms with Crippen LogP contribution in [0.4, 0.5) is 4.39 Å². The third kappa shape index (κ3) is 2.87. The smallest absolute Gasteiger partial charge is 0.141 e. The van der Waals surface area contributed by atoms with Crippen molar-refractivity contribution in [2.45, 2.75) is 38.8 Å². The molecule has 4 heteroatoms. The molecule has 0 spiro atoms. The number of hydrogen-bond donors (Lipinski definition) is 1. The lowest BCUT2D eigenvalue weighted by Crippen LogP contribution is -2.39. The van der Waals surface area contributed by atoms with Crippen LogP contribution in [0.3, 0.4) is 0 Å². The zero-order valence-electron chi connectivity index (χ0n) is 11.2. The van der Waals surface area contributed by atoms with Gasteiger partial charge in [0.1, 0.15) is 5.82 Å². The van der Waals surface area contributed by atoms with Gasteiger partial charge in [-0.05, 0) is 38.1 Å². The molecule has 0 saturated carbocycles. The second-order valence-corrected chi connectivity index (χ2v) is 4.80. The summed E-state index contributed by atoms with van der Waals surface area (Å²) in [7, 11) is 0. The summed E-state index contributed by atoms with van der Waals surface area (Å²) in [5, 5.41) is 3.40. The molecule has 2 atom stereocenters. The van der Waals surface area contributed by atoms with Crippen molar-refractivity contribution in [1.82, 2.24) is 15.2 Å². The molecule has 0 aliphatic carbocycles. The maximum Gasteiger partial charge on any atom is 0.141 e. The Hall–Kier alpha value is -1.00. The molecule has 0 aromatic carbocycles. The highest BCUT2D eigenvalue weighted by Crippen LogP contribution is 2.26. The van der Waals surface area contributed by atoms with Crippen LogP contribution in [0.1, 0.15) is 38.4 Å². The summed E-state index contributed by atoms with van der Waals surface area (Å²) in [4.78, 5) is 6.74. The van der Waals surface area contributed by atoms with Crippen molar-refractivity contribution in [3.05, 3.63) is 29.8 Å². The fraction of sp³-hybridized carbons (Fsp3) is 0.643. The fourth-order valence-electron chi connectivity index (χ4n) is 2.85. The molecule has 2 rings (SSSR count). The van der Waals surface area contributed by atoms with Gasteiger partial charge in [0, 0.05) is 12.6 Å². The number of pyridine rings is 1. The maximum atomic E-state index is 13.0. The van der Waals surface area contributed by atoms with Gasteiger partial charge in [-0.1, -0.05) is 13.8 Å². The first kappa shape index (κ1) is 13.4. The number of hydrogen-bond acceptors (Lipinski definition) is 3. The van der Waals surface area contributed by atoms with Gasteiger partial charge in [-0.25, -0.2) is 4.39 Å². The second kappa shape index (κ2) is 6.25. The summed E-state index contributed by atoms with van der Waals surface area (Å²) >= 11 is 0. The Labute approximate surface area is 108 Å². The van der Waals surface area contributed by atoms with E-state index in [9.17, 15) is 4.39 Å².